The van der Waals surface area contributed by atoms with Crippen molar-refractivity contribution in [1.82, 2.24) is 0 Å². The van der Waals surface area contributed by atoms with E-state index in [1.54, 1.807) is 0 Å². The predicted octanol–water partition coefficient (Wildman–Crippen LogP) is 3.37. The Morgan fingerprint density at radius 2 is 2.00 bits per heavy atom. The van der Waals surface area contributed by atoms with Crippen LogP contribution in [0.5, 0.6) is 0 Å². The number of alkyl halides is 1. The summed E-state index contributed by atoms with van der Waals surface area (Å²) in [5, 5.41) is -0.633. The summed E-state index contributed by atoms with van der Waals surface area (Å²) in [6.45, 7) is 0. The lowest BCUT2D eigenvalue weighted by molar-refractivity contribution is 0.527. The van der Waals surface area contributed by atoms with Gasteiger partial charge < -0.3 is 0 Å². The molecule has 1 fully saturated rings. The van der Waals surface area contributed by atoms with Crippen molar-refractivity contribution >= 4 is 25.8 Å². The van der Waals surface area contributed by atoms with E-state index >= 15 is 0 Å². The van der Waals surface area contributed by atoms with Crippen molar-refractivity contribution in [3.63, 3.8) is 0 Å². The number of halogens is 3. The van der Waals surface area contributed by atoms with E-state index in [-0.39, 0.29) is 11.3 Å². The zero-order chi connectivity index (χ0) is 13.3. The van der Waals surface area contributed by atoms with Gasteiger partial charge in [0.1, 0.15) is 11.6 Å². The van der Waals surface area contributed by atoms with E-state index in [4.69, 9.17) is 0 Å². The minimum atomic E-state index is -3.21. The topological polar surface area (TPSA) is 34.1 Å². The molecule has 1 heterocycles. The molecular formula is C12H13BrF2O2S. The summed E-state index contributed by atoms with van der Waals surface area (Å²) in [6.07, 6.45) is 1.98. The Morgan fingerprint density at radius 1 is 1.28 bits per heavy atom. The van der Waals surface area contributed by atoms with Crippen LogP contribution >= 0.6 is 15.9 Å². The second-order valence-electron chi connectivity index (χ2n) is 4.47. The number of rotatable bonds is 2. The molecule has 2 unspecified atom stereocenters. The van der Waals surface area contributed by atoms with E-state index in [2.05, 4.69) is 15.9 Å². The fourth-order valence-corrected chi connectivity index (χ4v) is 5.80. The maximum absolute atomic E-state index is 13.6. The molecule has 1 aromatic carbocycles. The molecule has 0 spiro atoms. The lowest BCUT2D eigenvalue weighted by atomic mass is 10.0. The second-order valence-corrected chi connectivity index (χ2v) is 7.79. The molecule has 1 aromatic rings. The molecule has 6 heteroatoms. The third-order valence-corrected chi connectivity index (χ3v) is 6.98. The zero-order valence-electron chi connectivity index (χ0n) is 9.57. The number of hydrogen-bond donors (Lipinski definition) is 0. The molecule has 0 bridgehead atoms. The van der Waals surface area contributed by atoms with Gasteiger partial charge in [-0.3, -0.25) is 0 Å². The highest BCUT2D eigenvalue weighted by molar-refractivity contribution is 9.09. The molecule has 0 radical (unpaired) electrons. The standard InChI is InChI=1S/C12H13BrF2O2S/c13-12(9-5-4-8(14)7-10(9)15)11-3-1-2-6-18(11,16)17/h4-5,7,11-12H,1-3,6H2. The van der Waals surface area contributed by atoms with Crippen LogP contribution in [-0.4, -0.2) is 19.4 Å². The van der Waals surface area contributed by atoms with Gasteiger partial charge in [-0.15, -0.1) is 0 Å². The molecule has 1 saturated heterocycles. The SMILES string of the molecule is O=S1(=O)CCCCC1C(Br)c1ccc(F)cc1F. The molecule has 1 aliphatic heterocycles. The highest BCUT2D eigenvalue weighted by Crippen LogP contribution is 2.37. The van der Waals surface area contributed by atoms with Crippen molar-refractivity contribution in [2.24, 2.45) is 0 Å². The lowest BCUT2D eigenvalue weighted by Gasteiger charge is -2.26. The van der Waals surface area contributed by atoms with E-state index in [0.717, 1.165) is 18.6 Å². The summed E-state index contributed by atoms with van der Waals surface area (Å²) in [7, 11) is -3.21. The van der Waals surface area contributed by atoms with Crippen LogP contribution in [0.2, 0.25) is 0 Å². The number of benzene rings is 1. The van der Waals surface area contributed by atoms with Crippen LogP contribution in [0, 0.1) is 11.6 Å². The fourth-order valence-electron chi connectivity index (χ4n) is 2.23. The van der Waals surface area contributed by atoms with Crippen molar-refractivity contribution in [1.29, 1.82) is 0 Å². The maximum atomic E-state index is 13.6. The van der Waals surface area contributed by atoms with Gasteiger partial charge in [-0.05, 0) is 18.9 Å². The van der Waals surface area contributed by atoms with Crippen molar-refractivity contribution in [2.75, 3.05) is 5.75 Å². The average Bonchev–Trinajstić information content (AvgIpc) is 2.27. The van der Waals surface area contributed by atoms with Gasteiger partial charge >= 0.3 is 0 Å². The van der Waals surface area contributed by atoms with Crippen molar-refractivity contribution < 1.29 is 17.2 Å². The first-order chi connectivity index (χ1) is 8.42. The minimum absolute atomic E-state index is 0.141. The number of sulfone groups is 1. The largest absolute Gasteiger partial charge is 0.228 e. The van der Waals surface area contributed by atoms with Gasteiger partial charge in [-0.25, -0.2) is 17.2 Å². The molecule has 2 nitrogen and oxygen atoms in total. The van der Waals surface area contributed by atoms with Crippen LogP contribution in [0.1, 0.15) is 29.7 Å². The van der Waals surface area contributed by atoms with Gasteiger partial charge in [-0.2, -0.15) is 0 Å². The quantitative estimate of drug-likeness (QED) is 0.775. The molecule has 1 aliphatic rings. The number of hydrogen-bond acceptors (Lipinski definition) is 2. The van der Waals surface area contributed by atoms with Crippen molar-refractivity contribution in [2.45, 2.75) is 29.3 Å². The third kappa shape index (κ3) is 2.74. The molecule has 18 heavy (non-hydrogen) atoms. The van der Waals surface area contributed by atoms with Gasteiger partial charge in [-0.1, -0.05) is 28.4 Å². The summed E-state index contributed by atoms with van der Waals surface area (Å²) in [5.74, 6) is -1.23. The van der Waals surface area contributed by atoms with Crippen molar-refractivity contribution in [3.8, 4) is 0 Å². The summed E-state index contributed by atoms with van der Waals surface area (Å²) in [4.78, 5) is -0.622. The van der Waals surface area contributed by atoms with Gasteiger partial charge in [0.25, 0.3) is 0 Å². The molecular weight excluding hydrogens is 326 g/mol. The molecule has 0 aromatic heterocycles. The molecule has 2 atom stereocenters. The van der Waals surface area contributed by atoms with Gasteiger partial charge in [0, 0.05) is 11.6 Å². The Bertz CT molecular complexity index is 545. The highest BCUT2D eigenvalue weighted by Gasteiger charge is 2.36. The summed E-state index contributed by atoms with van der Waals surface area (Å²) in [6, 6.07) is 3.22. The Morgan fingerprint density at radius 3 is 2.61 bits per heavy atom. The average molecular weight is 339 g/mol. The maximum Gasteiger partial charge on any atom is 0.154 e. The Labute approximate surface area is 113 Å². The summed E-state index contributed by atoms with van der Waals surface area (Å²) in [5.41, 5.74) is 0.201. The summed E-state index contributed by atoms with van der Waals surface area (Å²) < 4.78 is 50.4. The molecule has 0 amide bonds. The van der Waals surface area contributed by atoms with Crippen LogP contribution in [0.4, 0.5) is 8.78 Å². The van der Waals surface area contributed by atoms with Crippen molar-refractivity contribution in [3.05, 3.63) is 35.4 Å². The first kappa shape index (κ1) is 13.9. The van der Waals surface area contributed by atoms with Crippen LogP contribution in [0.15, 0.2) is 18.2 Å². The lowest BCUT2D eigenvalue weighted by Crippen LogP contribution is -2.32. The van der Waals surface area contributed by atoms with Gasteiger partial charge in [0.15, 0.2) is 9.84 Å². The monoisotopic (exact) mass is 338 g/mol. The van der Waals surface area contributed by atoms with Gasteiger partial charge in [0.05, 0.1) is 15.8 Å². The summed E-state index contributed by atoms with van der Waals surface area (Å²) >= 11 is 3.26. The first-order valence-corrected chi connectivity index (χ1v) is 8.35. The first-order valence-electron chi connectivity index (χ1n) is 5.72. The smallest absolute Gasteiger partial charge is 0.154 e. The van der Waals surface area contributed by atoms with E-state index in [1.807, 2.05) is 0 Å². The van der Waals surface area contributed by atoms with Crippen LogP contribution in [-0.2, 0) is 9.84 Å². The predicted molar refractivity (Wildman–Crippen MR) is 69.5 cm³/mol. The van der Waals surface area contributed by atoms with E-state index in [1.165, 1.54) is 6.07 Å². The van der Waals surface area contributed by atoms with Crippen LogP contribution < -0.4 is 0 Å². The molecule has 100 valence electrons. The normalized spacial score (nSPS) is 24.7. The zero-order valence-corrected chi connectivity index (χ0v) is 12.0. The Kier molecular flexibility index (Phi) is 4.06. The molecule has 0 aliphatic carbocycles. The van der Waals surface area contributed by atoms with Gasteiger partial charge in [0.2, 0.25) is 0 Å². The molecule has 2 rings (SSSR count). The van der Waals surface area contributed by atoms with E-state index < -0.39 is 31.5 Å². The molecule has 0 N–H and O–H groups in total. The highest BCUT2D eigenvalue weighted by atomic mass is 79.9. The third-order valence-electron chi connectivity index (χ3n) is 3.21. The second kappa shape index (κ2) is 5.25. The van der Waals surface area contributed by atoms with E-state index in [9.17, 15) is 17.2 Å². The van der Waals surface area contributed by atoms with E-state index in [0.29, 0.717) is 12.8 Å². The fraction of sp³-hybridized carbons (Fsp3) is 0.500. The van der Waals surface area contributed by atoms with Crippen LogP contribution in [0.25, 0.3) is 0 Å². The van der Waals surface area contributed by atoms with Crippen LogP contribution in [0.3, 0.4) is 0 Å². The Hall–Kier alpha value is -0.490. The Balaban J connectivity index is 2.33. The minimum Gasteiger partial charge on any atom is -0.228 e. The molecule has 0 saturated carbocycles.